The van der Waals surface area contributed by atoms with Gasteiger partial charge in [-0.1, -0.05) is 13.3 Å². The van der Waals surface area contributed by atoms with E-state index >= 15 is 0 Å². The molecule has 0 saturated carbocycles. The van der Waals surface area contributed by atoms with Crippen LogP contribution in [0.25, 0.3) is 11.2 Å². The van der Waals surface area contributed by atoms with Crippen LogP contribution in [0.3, 0.4) is 0 Å². The van der Waals surface area contributed by atoms with Crippen LogP contribution >= 0.6 is 0 Å². The predicted octanol–water partition coefficient (Wildman–Crippen LogP) is 0.670. The molecule has 6 nitrogen and oxygen atoms in total. The Labute approximate surface area is 99.3 Å². The molecule has 0 atom stereocenters. The number of rotatable bonds is 3. The molecule has 2 aromatic rings. The molecule has 6 heteroatoms. The van der Waals surface area contributed by atoms with Crippen LogP contribution in [0.1, 0.15) is 19.8 Å². The Hall–Kier alpha value is -1.69. The summed E-state index contributed by atoms with van der Waals surface area (Å²) in [5.41, 5.74) is 7.80. The highest BCUT2D eigenvalue weighted by molar-refractivity contribution is 5.83. The van der Waals surface area contributed by atoms with Gasteiger partial charge in [0.15, 0.2) is 11.5 Å². The molecule has 0 amide bonds. The topological polar surface area (TPSA) is 83.7 Å². The summed E-state index contributed by atoms with van der Waals surface area (Å²) in [6, 6.07) is 0. The summed E-state index contributed by atoms with van der Waals surface area (Å²) in [6.45, 7) is 3.87. The highest BCUT2D eigenvalue weighted by Gasteiger charge is 2.39. The van der Waals surface area contributed by atoms with Gasteiger partial charge in [0.1, 0.15) is 11.8 Å². The van der Waals surface area contributed by atoms with Crippen molar-refractivity contribution in [1.82, 2.24) is 19.9 Å². The van der Waals surface area contributed by atoms with Gasteiger partial charge < -0.3 is 15.6 Å². The minimum absolute atomic E-state index is 0.0496. The number of hydrogen-bond acceptors (Lipinski definition) is 5. The largest absolute Gasteiger partial charge is 0.351 e. The highest BCUT2D eigenvalue weighted by Crippen LogP contribution is 2.30. The van der Waals surface area contributed by atoms with Gasteiger partial charge in [-0.25, -0.2) is 15.0 Å². The summed E-state index contributed by atoms with van der Waals surface area (Å²) >= 11 is 0. The van der Waals surface area contributed by atoms with Gasteiger partial charge in [-0.3, -0.25) is 0 Å². The van der Waals surface area contributed by atoms with Crippen molar-refractivity contribution < 1.29 is 0 Å². The predicted molar refractivity (Wildman–Crippen MR) is 65.7 cm³/mol. The van der Waals surface area contributed by atoms with Gasteiger partial charge in [-0.05, 0) is 6.42 Å². The fraction of sp³-hybridized carbons (Fsp3) is 0.545. The highest BCUT2D eigenvalue weighted by atomic mass is 15.3. The van der Waals surface area contributed by atoms with Crippen molar-refractivity contribution in [3.63, 3.8) is 0 Å². The number of aromatic amines is 1. The number of hydrogen-bond donors (Lipinski definition) is 2. The third-order valence-corrected chi connectivity index (χ3v) is 3.26. The number of imidazole rings is 1. The van der Waals surface area contributed by atoms with Crippen molar-refractivity contribution in [2.75, 3.05) is 18.0 Å². The lowest BCUT2D eigenvalue weighted by Gasteiger charge is -2.48. The van der Waals surface area contributed by atoms with E-state index in [0.29, 0.717) is 5.65 Å². The first-order valence-electron chi connectivity index (χ1n) is 5.90. The van der Waals surface area contributed by atoms with E-state index in [1.54, 1.807) is 12.7 Å². The summed E-state index contributed by atoms with van der Waals surface area (Å²) in [7, 11) is 0. The van der Waals surface area contributed by atoms with Crippen molar-refractivity contribution in [1.29, 1.82) is 0 Å². The van der Waals surface area contributed by atoms with E-state index in [1.165, 1.54) is 0 Å². The summed E-state index contributed by atoms with van der Waals surface area (Å²) in [5.74, 6) is 0.907. The lowest BCUT2D eigenvalue weighted by atomic mass is 9.86. The van der Waals surface area contributed by atoms with Crippen LogP contribution < -0.4 is 10.6 Å². The van der Waals surface area contributed by atoms with Crippen molar-refractivity contribution in [3.05, 3.63) is 12.7 Å². The maximum atomic E-state index is 6.25. The minimum atomic E-state index is -0.0496. The molecule has 1 aliphatic rings. The van der Waals surface area contributed by atoms with E-state index in [-0.39, 0.29) is 5.54 Å². The van der Waals surface area contributed by atoms with Crippen LogP contribution in [-0.2, 0) is 0 Å². The second-order valence-corrected chi connectivity index (χ2v) is 4.77. The zero-order valence-electron chi connectivity index (χ0n) is 9.85. The van der Waals surface area contributed by atoms with Gasteiger partial charge in [-0.2, -0.15) is 0 Å². The summed E-state index contributed by atoms with van der Waals surface area (Å²) < 4.78 is 0. The van der Waals surface area contributed by atoms with Crippen molar-refractivity contribution in [2.24, 2.45) is 5.73 Å². The van der Waals surface area contributed by atoms with Crippen LogP contribution in [0.15, 0.2) is 12.7 Å². The number of anilines is 1. The van der Waals surface area contributed by atoms with Gasteiger partial charge in [-0.15, -0.1) is 0 Å². The van der Waals surface area contributed by atoms with Gasteiger partial charge >= 0.3 is 0 Å². The first-order valence-corrected chi connectivity index (χ1v) is 5.90. The molecule has 3 N–H and O–H groups in total. The van der Waals surface area contributed by atoms with Gasteiger partial charge in [0, 0.05) is 13.1 Å². The monoisotopic (exact) mass is 232 g/mol. The molecule has 1 fully saturated rings. The van der Waals surface area contributed by atoms with E-state index in [4.69, 9.17) is 5.73 Å². The molecular weight excluding hydrogens is 216 g/mol. The molecule has 0 unspecified atom stereocenters. The normalized spacial score (nSPS) is 18.4. The van der Waals surface area contributed by atoms with E-state index in [2.05, 4.69) is 31.8 Å². The number of H-pyrrole nitrogens is 1. The van der Waals surface area contributed by atoms with Gasteiger partial charge in [0.25, 0.3) is 0 Å². The quantitative estimate of drug-likeness (QED) is 0.812. The molecule has 1 saturated heterocycles. The van der Waals surface area contributed by atoms with Crippen LogP contribution in [0, 0.1) is 0 Å². The Bertz CT molecular complexity index is 527. The number of fused-ring (bicyclic) bond motifs is 1. The SMILES string of the molecule is CCCC1(N)CN(c2ncnc3nc[nH]c23)C1. The Balaban J connectivity index is 1.85. The smallest absolute Gasteiger partial charge is 0.182 e. The second kappa shape index (κ2) is 3.66. The molecule has 17 heavy (non-hydrogen) atoms. The van der Waals surface area contributed by atoms with Crippen molar-refractivity contribution in [3.8, 4) is 0 Å². The van der Waals surface area contributed by atoms with Crippen LogP contribution in [-0.4, -0.2) is 38.6 Å². The third kappa shape index (κ3) is 1.64. The first kappa shape index (κ1) is 10.5. The lowest BCUT2D eigenvalue weighted by molar-refractivity contribution is 0.306. The van der Waals surface area contributed by atoms with Crippen LogP contribution in [0.5, 0.6) is 0 Å². The molecule has 0 bridgehead atoms. The molecule has 90 valence electrons. The molecule has 0 spiro atoms. The molecule has 0 aliphatic carbocycles. The fourth-order valence-electron chi connectivity index (χ4n) is 2.51. The average Bonchev–Trinajstić information content (AvgIpc) is 2.73. The minimum Gasteiger partial charge on any atom is -0.351 e. The Kier molecular flexibility index (Phi) is 2.25. The molecule has 2 aromatic heterocycles. The van der Waals surface area contributed by atoms with Crippen molar-refractivity contribution >= 4 is 17.0 Å². The number of aromatic nitrogens is 4. The van der Waals surface area contributed by atoms with Crippen molar-refractivity contribution in [2.45, 2.75) is 25.3 Å². The first-order chi connectivity index (χ1) is 8.22. The standard InChI is InChI=1S/C11H16N6/c1-2-3-11(12)4-17(5-11)10-8-9(14-6-13-8)15-7-16-10/h6-7H,2-5,12H2,1H3,(H,13,14,15,16). The van der Waals surface area contributed by atoms with Crippen LogP contribution in [0.4, 0.5) is 5.82 Å². The van der Waals surface area contributed by atoms with Gasteiger partial charge in [0.05, 0.1) is 11.9 Å². The third-order valence-electron chi connectivity index (χ3n) is 3.26. The molecule has 0 radical (unpaired) electrons. The fourth-order valence-corrected chi connectivity index (χ4v) is 2.51. The molecule has 0 aromatic carbocycles. The Morgan fingerprint density at radius 3 is 3.00 bits per heavy atom. The summed E-state index contributed by atoms with van der Waals surface area (Å²) in [4.78, 5) is 17.8. The van der Waals surface area contributed by atoms with E-state index in [1.807, 2.05) is 0 Å². The summed E-state index contributed by atoms with van der Waals surface area (Å²) in [6.07, 6.45) is 5.37. The van der Waals surface area contributed by atoms with E-state index in [9.17, 15) is 0 Å². The maximum Gasteiger partial charge on any atom is 0.182 e. The number of nitrogens with zero attached hydrogens (tertiary/aromatic N) is 4. The molecule has 3 rings (SSSR count). The maximum absolute atomic E-state index is 6.25. The number of nitrogens with two attached hydrogens (primary N) is 1. The lowest BCUT2D eigenvalue weighted by Crippen LogP contribution is -2.67. The van der Waals surface area contributed by atoms with Crippen LogP contribution in [0.2, 0.25) is 0 Å². The number of nitrogens with one attached hydrogen (secondary N) is 1. The van der Waals surface area contributed by atoms with E-state index in [0.717, 1.165) is 37.3 Å². The molecule has 3 heterocycles. The van der Waals surface area contributed by atoms with E-state index < -0.39 is 0 Å². The molecular formula is C11H16N6. The molecule has 1 aliphatic heterocycles. The average molecular weight is 232 g/mol. The second-order valence-electron chi connectivity index (χ2n) is 4.77. The summed E-state index contributed by atoms with van der Waals surface area (Å²) in [5, 5.41) is 0. The Morgan fingerprint density at radius 1 is 1.41 bits per heavy atom. The zero-order chi connectivity index (χ0) is 11.9. The zero-order valence-corrected chi connectivity index (χ0v) is 9.85. The Morgan fingerprint density at radius 2 is 2.24 bits per heavy atom. The van der Waals surface area contributed by atoms with Gasteiger partial charge in [0.2, 0.25) is 0 Å².